The molecule has 0 spiro atoms. The SMILES string of the molecule is CCC(CC)NC(=O)COC(=O)c1ccc(NC(N)=O)cc1. The van der Waals surface area contributed by atoms with Crippen molar-refractivity contribution in [2.45, 2.75) is 32.7 Å². The Hall–Kier alpha value is -2.57. The van der Waals surface area contributed by atoms with Gasteiger partial charge in [-0.15, -0.1) is 0 Å². The van der Waals surface area contributed by atoms with E-state index in [1.807, 2.05) is 13.8 Å². The largest absolute Gasteiger partial charge is 0.452 e. The first-order valence-electron chi connectivity index (χ1n) is 7.09. The number of amides is 3. The van der Waals surface area contributed by atoms with Crippen molar-refractivity contribution >= 4 is 23.6 Å². The van der Waals surface area contributed by atoms with Gasteiger partial charge in [-0.2, -0.15) is 0 Å². The normalized spacial score (nSPS) is 10.1. The smallest absolute Gasteiger partial charge is 0.338 e. The van der Waals surface area contributed by atoms with Crippen molar-refractivity contribution in [2.75, 3.05) is 11.9 Å². The van der Waals surface area contributed by atoms with E-state index < -0.39 is 12.0 Å². The average Bonchev–Trinajstić information content (AvgIpc) is 2.50. The van der Waals surface area contributed by atoms with Gasteiger partial charge in [0.05, 0.1) is 5.56 Å². The molecule has 0 saturated carbocycles. The van der Waals surface area contributed by atoms with Crippen molar-refractivity contribution in [1.82, 2.24) is 5.32 Å². The lowest BCUT2D eigenvalue weighted by Crippen LogP contribution is -2.36. The standard InChI is InChI=1S/C15H21N3O4/c1-3-11(4-2)17-13(19)9-22-14(20)10-5-7-12(8-6-10)18-15(16)21/h5-8,11H,3-4,9H2,1-2H3,(H,17,19)(H3,16,18,21). The van der Waals surface area contributed by atoms with Crippen LogP contribution in [0.5, 0.6) is 0 Å². The van der Waals surface area contributed by atoms with Gasteiger partial charge in [-0.3, -0.25) is 4.79 Å². The maximum absolute atomic E-state index is 11.8. The first-order valence-corrected chi connectivity index (χ1v) is 7.09. The van der Waals surface area contributed by atoms with E-state index in [-0.39, 0.29) is 24.1 Å². The topological polar surface area (TPSA) is 111 Å². The number of benzene rings is 1. The first-order chi connectivity index (χ1) is 10.5. The summed E-state index contributed by atoms with van der Waals surface area (Å²) in [5, 5.41) is 5.15. The summed E-state index contributed by atoms with van der Waals surface area (Å²) in [6.45, 7) is 3.63. The zero-order valence-electron chi connectivity index (χ0n) is 12.7. The molecule has 0 radical (unpaired) electrons. The van der Waals surface area contributed by atoms with Gasteiger partial charge in [-0.05, 0) is 37.1 Å². The van der Waals surface area contributed by atoms with E-state index in [4.69, 9.17) is 10.5 Å². The highest BCUT2D eigenvalue weighted by Gasteiger charge is 2.12. The van der Waals surface area contributed by atoms with Crippen LogP contribution in [0.3, 0.4) is 0 Å². The molecule has 0 saturated heterocycles. The Morgan fingerprint density at radius 2 is 1.73 bits per heavy atom. The number of ether oxygens (including phenoxy) is 1. The number of primary amides is 1. The van der Waals surface area contributed by atoms with Crippen molar-refractivity contribution in [3.8, 4) is 0 Å². The number of urea groups is 1. The number of hydrogen-bond donors (Lipinski definition) is 3. The van der Waals surface area contributed by atoms with Crippen LogP contribution in [0.25, 0.3) is 0 Å². The second-order valence-electron chi connectivity index (χ2n) is 4.72. The molecule has 1 aromatic carbocycles. The number of anilines is 1. The second kappa shape index (κ2) is 8.66. The fourth-order valence-electron chi connectivity index (χ4n) is 1.81. The highest BCUT2D eigenvalue weighted by atomic mass is 16.5. The zero-order valence-corrected chi connectivity index (χ0v) is 12.7. The van der Waals surface area contributed by atoms with E-state index in [0.29, 0.717) is 5.69 Å². The van der Waals surface area contributed by atoms with Crippen LogP contribution in [-0.2, 0) is 9.53 Å². The van der Waals surface area contributed by atoms with Gasteiger partial charge in [0, 0.05) is 11.7 Å². The summed E-state index contributed by atoms with van der Waals surface area (Å²) in [6, 6.07) is 5.40. The molecule has 120 valence electrons. The number of hydrogen-bond acceptors (Lipinski definition) is 4. The summed E-state index contributed by atoms with van der Waals surface area (Å²) >= 11 is 0. The highest BCUT2D eigenvalue weighted by molar-refractivity contribution is 5.93. The van der Waals surface area contributed by atoms with Gasteiger partial charge in [0.15, 0.2) is 6.61 Å². The number of nitrogens with one attached hydrogen (secondary N) is 2. The van der Waals surface area contributed by atoms with Gasteiger partial charge in [0.2, 0.25) is 0 Å². The Balaban J connectivity index is 2.48. The molecule has 1 rings (SSSR count). The summed E-state index contributed by atoms with van der Waals surface area (Å²) in [5.74, 6) is -0.931. The monoisotopic (exact) mass is 307 g/mol. The predicted octanol–water partition coefficient (Wildman–Crippen LogP) is 1.64. The van der Waals surface area contributed by atoms with Crippen LogP contribution in [-0.4, -0.2) is 30.6 Å². The first kappa shape index (κ1) is 17.5. The van der Waals surface area contributed by atoms with Gasteiger partial charge < -0.3 is 21.1 Å². The third-order valence-electron chi connectivity index (χ3n) is 3.07. The van der Waals surface area contributed by atoms with Crippen LogP contribution in [0.4, 0.5) is 10.5 Å². The Bertz CT molecular complexity index is 524. The van der Waals surface area contributed by atoms with E-state index in [1.165, 1.54) is 24.3 Å². The van der Waals surface area contributed by atoms with Crippen LogP contribution >= 0.6 is 0 Å². The van der Waals surface area contributed by atoms with Gasteiger partial charge in [0.25, 0.3) is 5.91 Å². The molecule has 0 heterocycles. The van der Waals surface area contributed by atoms with Crippen molar-refractivity contribution in [2.24, 2.45) is 5.73 Å². The Kier molecular flexibility index (Phi) is 6.88. The Morgan fingerprint density at radius 1 is 1.14 bits per heavy atom. The second-order valence-corrected chi connectivity index (χ2v) is 4.72. The van der Waals surface area contributed by atoms with Crippen LogP contribution in [0.15, 0.2) is 24.3 Å². The van der Waals surface area contributed by atoms with Crippen LogP contribution < -0.4 is 16.4 Å². The summed E-state index contributed by atoms with van der Waals surface area (Å²) in [6.07, 6.45) is 1.65. The average molecular weight is 307 g/mol. The van der Waals surface area contributed by atoms with Crippen LogP contribution in [0, 0.1) is 0 Å². The molecular weight excluding hydrogens is 286 g/mol. The molecule has 0 atom stereocenters. The number of nitrogens with two attached hydrogens (primary N) is 1. The molecule has 1 aromatic rings. The van der Waals surface area contributed by atoms with E-state index in [2.05, 4.69) is 10.6 Å². The number of esters is 1. The number of carbonyl (C=O) groups excluding carboxylic acids is 3. The van der Waals surface area contributed by atoms with Crippen LogP contribution in [0.1, 0.15) is 37.0 Å². The number of rotatable bonds is 7. The lowest BCUT2D eigenvalue weighted by Gasteiger charge is -2.14. The quantitative estimate of drug-likeness (QED) is 0.665. The minimum absolute atomic E-state index is 0.0883. The lowest BCUT2D eigenvalue weighted by molar-refractivity contribution is -0.125. The van der Waals surface area contributed by atoms with Gasteiger partial charge >= 0.3 is 12.0 Å². The van der Waals surface area contributed by atoms with E-state index >= 15 is 0 Å². The molecule has 4 N–H and O–H groups in total. The third-order valence-corrected chi connectivity index (χ3v) is 3.07. The minimum atomic E-state index is -0.687. The predicted molar refractivity (Wildman–Crippen MR) is 82.4 cm³/mol. The summed E-state index contributed by atoms with van der Waals surface area (Å²) < 4.78 is 4.94. The van der Waals surface area contributed by atoms with E-state index in [9.17, 15) is 14.4 Å². The maximum Gasteiger partial charge on any atom is 0.338 e. The maximum atomic E-state index is 11.8. The molecule has 7 heteroatoms. The molecule has 0 bridgehead atoms. The molecular formula is C15H21N3O4. The van der Waals surface area contributed by atoms with Crippen molar-refractivity contribution in [3.05, 3.63) is 29.8 Å². The fraction of sp³-hybridized carbons (Fsp3) is 0.400. The van der Waals surface area contributed by atoms with Gasteiger partial charge in [-0.1, -0.05) is 13.8 Å². The molecule has 0 aromatic heterocycles. The summed E-state index contributed by atoms with van der Waals surface area (Å²) in [4.78, 5) is 34.1. The highest BCUT2D eigenvalue weighted by Crippen LogP contribution is 2.10. The summed E-state index contributed by atoms with van der Waals surface area (Å²) in [5.41, 5.74) is 5.73. The van der Waals surface area contributed by atoms with E-state index in [1.54, 1.807) is 0 Å². The molecule has 0 unspecified atom stereocenters. The van der Waals surface area contributed by atoms with Crippen molar-refractivity contribution < 1.29 is 19.1 Å². The van der Waals surface area contributed by atoms with Crippen molar-refractivity contribution in [1.29, 1.82) is 0 Å². The minimum Gasteiger partial charge on any atom is -0.452 e. The fourth-order valence-corrected chi connectivity index (χ4v) is 1.81. The van der Waals surface area contributed by atoms with E-state index in [0.717, 1.165) is 12.8 Å². The van der Waals surface area contributed by atoms with Crippen LogP contribution in [0.2, 0.25) is 0 Å². The Morgan fingerprint density at radius 3 is 2.23 bits per heavy atom. The Labute approximate surface area is 129 Å². The molecule has 7 nitrogen and oxygen atoms in total. The molecule has 0 aliphatic rings. The van der Waals surface area contributed by atoms with Gasteiger partial charge in [-0.25, -0.2) is 9.59 Å². The third kappa shape index (κ3) is 5.82. The summed E-state index contributed by atoms with van der Waals surface area (Å²) in [7, 11) is 0. The molecule has 22 heavy (non-hydrogen) atoms. The molecule has 0 aliphatic heterocycles. The molecule has 0 aliphatic carbocycles. The van der Waals surface area contributed by atoms with Gasteiger partial charge in [0.1, 0.15) is 0 Å². The lowest BCUT2D eigenvalue weighted by atomic mass is 10.2. The number of carbonyl (C=O) groups is 3. The zero-order chi connectivity index (χ0) is 16.5. The molecule has 0 fully saturated rings. The van der Waals surface area contributed by atoms with Crippen molar-refractivity contribution in [3.63, 3.8) is 0 Å². The molecule has 3 amide bonds.